The lowest BCUT2D eigenvalue weighted by molar-refractivity contribution is 0.168. The molecule has 1 aromatic carbocycles. The SMILES string of the molecule is Cc1ccc([C@@H]2CCc3cc(Br)cnc3O2)cc1. The van der Waals surface area contributed by atoms with Crippen molar-refractivity contribution in [2.45, 2.75) is 25.9 Å². The Morgan fingerprint density at radius 3 is 2.83 bits per heavy atom. The van der Waals surface area contributed by atoms with Crippen molar-refractivity contribution in [3.8, 4) is 5.88 Å². The molecule has 1 aliphatic rings. The van der Waals surface area contributed by atoms with Crippen LogP contribution in [0.15, 0.2) is 41.0 Å². The highest BCUT2D eigenvalue weighted by Crippen LogP contribution is 2.34. The van der Waals surface area contributed by atoms with E-state index in [0.29, 0.717) is 0 Å². The Labute approximate surface area is 115 Å². The maximum Gasteiger partial charge on any atom is 0.217 e. The van der Waals surface area contributed by atoms with Gasteiger partial charge in [0.05, 0.1) is 0 Å². The van der Waals surface area contributed by atoms with Crippen molar-refractivity contribution in [1.82, 2.24) is 4.98 Å². The van der Waals surface area contributed by atoms with Crippen LogP contribution in [0.5, 0.6) is 5.88 Å². The summed E-state index contributed by atoms with van der Waals surface area (Å²) < 4.78 is 6.99. The summed E-state index contributed by atoms with van der Waals surface area (Å²) in [5, 5.41) is 0. The topological polar surface area (TPSA) is 22.1 Å². The minimum Gasteiger partial charge on any atom is -0.469 e. The first-order valence-corrected chi connectivity index (χ1v) is 6.89. The van der Waals surface area contributed by atoms with Crippen molar-refractivity contribution in [1.29, 1.82) is 0 Å². The van der Waals surface area contributed by atoms with Gasteiger partial charge in [-0.05, 0) is 47.3 Å². The zero-order valence-corrected chi connectivity index (χ0v) is 11.8. The third kappa shape index (κ3) is 2.27. The van der Waals surface area contributed by atoms with E-state index in [4.69, 9.17) is 4.74 Å². The van der Waals surface area contributed by atoms with Gasteiger partial charge in [-0.1, -0.05) is 29.8 Å². The molecular formula is C15H14BrNO. The van der Waals surface area contributed by atoms with E-state index in [-0.39, 0.29) is 6.10 Å². The van der Waals surface area contributed by atoms with Gasteiger partial charge in [-0.15, -0.1) is 0 Å². The number of hydrogen-bond acceptors (Lipinski definition) is 2. The first-order chi connectivity index (χ1) is 8.72. The second kappa shape index (κ2) is 4.73. The Kier molecular flexibility index (Phi) is 3.08. The van der Waals surface area contributed by atoms with Crippen LogP contribution < -0.4 is 4.74 Å². The zero-order chi connectivity index (χ0) is 12.5. The number of benzene rings is 1. The fourth-order valence-corrected chi connectivity index (χ4v) is 2.63. The second-order valence-electron chi connectivity index (χ2n) is 4.67. The monoisotopic (exact) mass is 303 g/mol. The molecule has 18 heavy (non-hydrogen) atoms. The van der Waals surface area contributed by atoms with Crippen molar-refractivity contribution in [2.24, 2.45) is 0 Å². The van der Waals surface area contributed by atoms with E-state index in [1.807, 2.05) is 0 Å². The first-order valence-electron chi connectivity index (χ1n) is 6.10. The number of rotatable bonds is 1. The molecule has 0 N–H and O–H groups in total. The predicted octanol–water partition coefficient (Wildman–Crippen LogP) is 4.22. The van der Waals surface area contributed by atoms with Gasteiger partial charge in [-0.2, -0.15) is 0 Å². The Bertz CT molecular complexity index is 565. The molecule has 3 rings (SSSR count). The number of fused-ring (bicyclic) bond motifs is 1. The number of nitrogens with zero attached hydrogens (tertiary/aromatic N) is 1. The quantitative estimate of drug-likeness (QED) is 0.787. The lowest BCUT2D eigenvalue weighted by Crippen LogP contribution is -2.16. The second-order valence-corrected chi connectivity index (χ2v) is 5.59. The summed E-state index contributed by atoms with van der Waals surface area (Å²) in [6, 6.07) is 10.6. The fraction of sp³-hybridized carbons (Fsp3) is 0.267. The van der Waals surface area contributed by atoms with E-state index in [9.17, 15) is 0 Å². The van der Waals surface area contributed by atoms with E-state index in [0.717, 1.165) is 23.2 Å². The molecule has 0 spiro atoms. The highest BCUT2D eigenvalue weighted by atomic mass is 79.9. The summed E-state index contributed by atoms with van der Waals surface area (Å²) >= 11 is 3.44. The fourth-order valence-electron chi connectivity index (χ4n) is 2.25. The molecule has 0 saturated heterocycles. The van der Waals surface area contributed by atoms with E-state index in [1.54, 1.807) is 6.20 Å². The molecule has 0 saturated carbocycles. The molecule has 0 radical (unpaired) electrons. The van der Waals surface area contributed by atoms with Gasteiger partial charge < -0.3 is 4.74 Å². The Morgan fingerprint density at radius 1 is 1.28 bits per heavy atom. The van der Waals surface area contributed by atoms with Gasteiger partial charge in [0, 0.05) is 16.2 Å². The van der Waals surface area contributed by atoms with Gasteiger partial charge >= 0.3 is 0 Å². The Balaban J connectivity index is 1.86. The highest BCUT2D eigenvalue weighted by molar-refractivity contribution is 9.10. The van der Waals surface area contributed by atoms with Crippen molar-refractivity contribution in [3.63, 3.8) is 0 Å². The van der Waals surface area contributed by atoms with E-state index >= 15 is 0 Å². The van der Waals surface area contributed by atoms with Crippen LogP contribution in [0.3, 0.4) is 0 Å². The number of hydrogen-bond donors (Lipinski definition) is 0. The highest BCUT2D eigenvalue weighted by Gasteiger charge is 2.22. The predicted molar refractivity (Wildman–Crippen MR) is 74.8 cm³/mol. The number of ether oxygens (including phenoxy) is 1. The molecule has 0 fully saturated rings. The maximum absolute atomic E-state index is 5.98. The molecule has 0 aliphatic carbocycles. The summed E-state index contributed by atoms with van der Waals surface area (Å²) in [5.74, 6) is 0.773. The summed E-state index contributed by atoms with van der Waals surface area (Å²) in [7, 11) is 0. The molecule has 1 aliphatic heterocycles. The molecule has 0 amide bonds. The molecule has 2 heterocycles. The van der Waals surface area contributed by atoms with Gasteiger partial charge in [0.2, 0.25) is 5.88 Å². The maximum atomic E-state index is 5.98. The smallest absolute Gasteiger partial charge is 0.217 e. The van der Waals surface area contributed by atoms with Crippen molar-refractivity contribution < 1.29 is 4.74 Å². The van der Waals surface area contributed by atoms with Gasteiger partial charge in [0.25, 0.3) is 0 Å². The average Bonchev–Trinajstić information content (AvgIpc) is 2.39. The summed E-state index contributed by atoms with van der Waals surface area (Å²) in [6.45, 7) is 2.10. The van der Waals surface area contributed by atoms with Crippen LogP contribution >= 0.6 is 15.9 Å². The Hall–Kier alpha value is -1.35. The number of halogens is 1. The number of pyridine rings is 1. The molecule has 92 valence electrons. The van der Waals surface area contributed by atoms with Crippen LogP contribution in [0.25, 0.3) is 0 Å². The number of aromatic nitrogens is 1. The molecule has 3 heteroatoms. The molecule has 1 aromatic heterocycles. The Morgan fingerprint density at radius 2 is 2.06 bits per heavy atom. The molecule has 1 atom stereocenters. The van der Waals surface area contributed by atoms with E-state index < -0.39 is 0 Å². The first kappa shape index (κ1) is 11.7. The molecular weight excluding hydrogens is 290 g/mol. The molecule has 2 nitrogen and oxygen atoms in total. The minimum atomic E-state index is 0.131. The van der Waals surface area contributed by atoms with Crippen LogP contribution in [-0.2, 0) is 6.42 Å². The molecule has 0 bridgehead atoms. The summed E-state index contributed by atoms with van der Waals surface area (Å²) in [6.07, 6.45) is 3.94. The average molecular weight is 304 g/mol. The van der Waals surface area contributed by atoms with Crippen molar-refractivity contribution >= 4 is 15.9 Å². The zero-order valence-electron chi connectivity index (χ0n) is 10.2. The largest absolute Gasteiger partial charge is 0.469 e. The van der Waals surface area contributed by atoms with E-state index in [1.165, 1.54) is 16.7 Å². The summed E-state index contributed by atoms with van der Waals surface area (Å²) in [4.78, 5) is 4.34. The lowest BCUT2D eigenvalue weighted by atomic mass is 9.98. The van der Waals surface area contributed by atoms with Gasteiger partial charge in [-0.25, -0.2) is 4.98 Å². The van der Waals surface area contributed by atoms with E-state index in [2.05, 4.69) is 58.2 Å². The van der Waals surface area contributed by atoms with Crippen molar-refractivity contribution in [2.75, 3.05) is 0 Å². The normalized spacial score (nSPS) is 18.0. The number of aryl methyl sites for hydroxylation is 2. The van der Waals surface area contributed by atoms with Gasteiger partial charge in [0.15, 0.2) is 0 Å². The van der Waals surface area contributed by atoms with Gasteiger partial charge in [-0.3, -0.25) is 0 Å². The molecule has 0 unspecified atom stereocenters. The third-order valence-electron chi connectivity index (χ3n) is 3.27. The van der Waals surface area contributed by atoms with Crippen molar-refractivity contribution in [3.05, 3.63) is 57.7 Å². The summed E-state index contributed by atoms with van der Waals surface area (Å²) in [5.41, 5.74) is 3.70. The van der Waals surface area contributed by atoms with Crippen LogP contribution in [0.4, 0.5) is 0 Å². The van der Waals surface area contributed by atoms with Crippen LogP contribution in [-0.4, -0.2) is 4.98 Å². The lowest BCUT2D eigenvalue weighted by Gasteiger charge is -2.25. The van der Waals surface area contributed by atoms with Gasteiger partial charge in [0.1, 0.15) is 6.10 Å². The minimum absolute atomic E-state index is 0.131. The molecule has 2 aromatic rings. The van der Waals surface area contributed by atoms with Crippen LogP contribution in [0, 0.1) is 6.92 Å². The van der Waals surface area contributed by atoms with Crippen LogP contribution in [0.1, 0.15) is 29.2 Å². The van der Waals surface area contributed by atoms with Crippen LogP contribution in [0.2, 0.25) is 0 Å². The third-order valence-corrected chi connectivity index (χ3v) is 3.70. The standard InChI is InChI=1S/C15H14BrNO/c1-10-2-4-11(5-3-10)14-7-6-12-8-13(16)9-17-15(12)18-14/h2-5,8-9,14H,6-7H2,1H3/t14-/m0/s1.